The lowest BCUT2D eigenvalue weighted by atomic mass is 10.1. The number of carbonyl (C=O) groups excluding carboxylic acids is 1. The Labute approximate surface area is 164 Å². The maximum atomic E-state index is 11.6. The molecule has 7 heteroatoms. The first-order chi connectivity index (χ1) is 13.5. The molecule has 148 valence electrons. The van der Waals surface area contributed by atoms with Gasteiger partial charge in [-0.25, -0.2) is 0 Å². The van der Waals surface area contributed by atoms with Crippen LogP contribution in [0.1, 0.15) is 38.1 Å². The molecule has 0 fully saturated rings. The number of nitriles is 1. The van der Waals surface area contributed by atoms with E-state index in [1.807, 2.05) is 6.92 Å². The van der Waals surface area contributed by atoms with Crippen molar-refractivity contribution < 1.29 is 24.1 Å². The number of ether oxygens (including phenoxy) is 3. The predicted molar refractivity (Wildman–Crippen MR) is 104 cm³/mol. The molecule has 2 aromatic carbocycles. The summed E-state index contributed by atoms with van der Waals surface area (Å²) in [5, 5.41) is 21.3. The van der Waals surface area contributed by atoms with Gasteiger partial charge in [-0.3, -0.25) is 4.79 Å². The molecule has 2 unspecified atom stereocenters. The summed E-state index contributed by atoms with van der Waals surface area (Å²) in [6, 6.07) is 14.1. The third-order valence-electron chi connectivity index (χ3n) is 3.75. The summed E-state index contributed by atoms with van der Waals surface area (Å²) < 4.78 is 16.7. The van der Waals surface area contributed by atoms with Crippen molar-refractivity contribution in [2.24, 2.45) is 0 Å². The van der Waals surface area contributed by atoms with Crippen molar-refractivity contribution in [1.29, 1.82) is 5.26 Å². The average molecular weight is 384 g/mol. The Kier molecular flexibility index (Phi) is 7.66. The van der Waals surface area contributed by atoms with Crippen LogP contribution >= 0.6 is 0 Å². The van der Waals surface area contributed by atoms with E-state index in [1.165, 1.54) is 6.92 Å². The van der Waals surface area contributed by atoms with E-state index >= 15 is 0 Å². The molecule has 0 heterocycles. The van der Waals surface area contributed by atoms with Gasteiger partial charge in [-0.1, -0.05) is 0 Å². The number of anilines is 1. The summed E-state index contributed by atoms with van der Waals surface area (Å²) in [7, 11) is 0. The second-order valence-electron chi connectivity index (χ2n) is 6.07. The highest BCUT2D eigenvalue weighted by molar-refractivity contribution is 5.67. The Morgan fingerprint density at radius 2 is 1.93 bits per heavy atom. The Morgan fingerprint density at radius 3 is 2.50 bits per heavy atom. The SMILES string of the molecule is CCOc1cc(C(Nc2ccc(C#N)cc2)OC(C)=O)ccc1OC(C)CO. The van der Waals surface area contributed by atoms with Gasteiger partial charge in [0.2, 0.25) is 0 Å². The molecule has 0 aromatic heterocycles. The molecular formula is C21H24N2O5. The van der Waals surface area contributed by atoms with Crippen molar-refractivity contribution in [1.82, 2.24) is 0 Å². The number of rotatable bonds is 9. The van der Waals surface area contributed by atoms with E-state index in [4.69, 9.17) is 19.5 Å². The van der Waals surface area contributed by atoms with E-state index in [9.17, 15) is 9.90 Å². The first kappa shape index (κ1) is 21.1. The van der Waals surface area contributed by atoms with Crippen LogP contribution in [0.15, 0.2) is 42.5 Å². The van der Waals surface area contributed by atoms with Crippen molar-refractivity contribution in [2.45, 2.75) is 33.1 Å². The molecule has 0 aliphatic carbocycles. The molecular weight excluding hydrogens is 360 g/mol. The van der Waals surface area contributed by atoms with Gasteiger partial charge in [-0.05, 0) is 56.3 Å². The van der Waals surface area contributed by atoms with Crippen LogP contribution in [-0.4, -0.2) is 30.4 Å². The third-order valence-corrected chi connectivity index (χ3v) is 3.75. The largest absolute Gasteiger partial charge is 0.490 e. The molecule has 0 aliphatic heterocycles. The highest BCUT2D eigenvalue weighted by atomic mass is 16.6. The van der Waals surface area contributed by atoms with Crippen LogP contribution in [0.2, 0.25) is 0 Å². The lowest BCUT2D eigenvalue weighted by Gasteiger charge is -2.22. The molecule has 7 nitrogen and oxygen atoms in total. The second kappa shape index (κ2) is 10.2. The number of esters is 1. The van der Waals surface area contributed by atoms with Crippen molar-refractivity contribution >= 4 is 11.7 Å². The van der Waals surface area contributed by atoms with E-state index in [0.29, 0.717) is 34.9 Å². The zero-order chi connectivity index (χ0) is 20.5. The average Bonchev–Trinajstić information content (AvgIpc) is 2.69. The number of carbonyl (C=O) groups is 1. The van der Waals surface area contributed by atoms with Crippen LogP contribution in [0, 0.1) is 11.3 Å². The van der Waals surface area contributed by atoms with Gasteiger partial charge in [0.15, 0.2) is 17.7 Å². The number of benzene rings is 2. The molecule has 2 aromatic rings. The van der Waals surface area contributed by atoms with Crippen LogP contribution in [-0.2, 0) is 9.53 Å². The minimum atomic E-state index is -0.756. The maximum Gasteiger partial charge on any atom is 0.304 e. The first-order valence-electron chi connectivity index (χ1n) is 8.95. The van der Waals surface area contributed by atoms with Gasteiger partial charge < -0.3 is 24.6 Å². The van der Waals surface area contributed by atoms with E-state index in [0.717, 1.165) is 0 Å². The molecule has 0 saturated heterocycles. The van der Waals surface area contributed by atoms with Crippen LogP contribution < -0.4 is 14.8 Å². The molecule has 0 saturated carbocycles. The fourth-order valence-electron chi connectivity index (χ4n) is 2.45. The predicted octanol–water partition coefficient (Wildman–Crippen LogP) is 3.39. The molecule has 0 amide bonds. The zero-order valence-corrected chi connectivity index (χ0v) is 16.1. The highest BCUT2D eigenvalue weighted by Crippen LogP contribution is 2.33. The van der Waals surface area contributed by atoms with Gasteiger partial charge in [0.25, 0.3) is 0 Å². The Hall–Kier alpha value is -3.24. The number of nitrogens with one attached hydrogen (secondary N) is 1. The molecule has 0 radical (unpaired) electrons. The van der Waals surface area contributed by atoms with Gasteiger partial charge in [0.1, 0.15) is 6.10 Å². The third kappa shape index (κ3) is 5.89. The van der Waals surface area contributed by atoms with Gasteiger partial charge >= 0.3 is 5.97 Å². The maximum absolute atomic E-state index is 11.6. The summed E-state index contributed by atoms with van der Waals surface area (Å²) in [6.45, 7) is 5.23. The van der Waals surface area contributed by atoms with Crippen molar-refractivity contribution in [3.05, 3.63) is 53.6 Å². The lowest BCUT2D eigenvalue weighted by molar-refractivity contribution is -0.145. The Balaban J connectivity index is 2.31. The standard InChI is InChI=1S/C21H24N2O5/c1-4-26-20-11-17(7-10-19(20)27-14(2)13-24)21(28-15(3)25)23-18-8-5-16(12-22)6-9-18/h5-11,14,21,23-24H,4,13H2,1-3H3. The van der Waals surface area contributed by atoms with E-state index in [1.54, 1.807) is 49.4 Å². The van der Waals surface area contributed by atoms with Crippen LogP contribution in [0.25, 0.3) is 0 Å². The molecule has 0 spiro atoms. The van der Waals surface area contributed by atoms with Crippen molar-refractivity contribution in [3.8, 4) is 17.6 Å². The summed E-state index contributed by atoms with van der Waals surface area (Å²) in [4.78, 5) is 11.6. The number of aliphatic hydroxyl groups excluding tert-OH is 1. The van der Waals surface area contributed by atoms with E-state index in [-0.39, 0.29) is 12.7 Å². The number of nitrogens with zero attached hydrogens (tertiary/aromatic N) is 1. The fourth-order valence-corrected chi connectivity index (χ4v) is 2.45. The molecule has 2 atom stereocenters. The molecule has 28 heavy (non-hydrogen) atoms. The minimum Gasteiger partial charge on any atom is -0.490 e. The number of aliphatic hydroxyl groups is 1. The second-order valence-corrected chi connectivity index (χ2v) is 6.07. The van der Waals surface area contributed by atoms with Crippen molar-refractivity contribution in [3.63, 3.8) is 0 Å². The summed E-state index contributed by atoms with van der Waals surface area (Å²) in [5.74, 6) is 0.532. The summed E-state index contributed by atoms with van der Waals surface area (Å²) in [5.41, 5.74) is 1.89. The van der Waals surface area contributed by atoms with Crippen molar-refractivity contribution in [2.75, 3.05) is 18.5 Å². The van der Waals surface area contributed by atoms with Gasteiger partial charge in [0, 0.05) is 18.2 Å². The van der Waals surface area contributed by atoms with Crippen LogP contribution in [0.4, 0.5) is 5.69 Å². The van der Waals surface area contributed by atoms with E-state index < -0.39 is 12.2 Å². The van der Waals surface area contributed by atoms with E-state index in [2.05, 4.69) is 11.4 Å². The minimum absolute atomic E-state index is 0.121. The fraction of sp³-hybridized carbons (Fsp3) is 0.333. The normalized spacial score (nSPS) is 12.4. The first-order valence-corrected chi connectivity index (χ1v) is 8.95. The van der Waals surface area contributed by atoms with Crippen LogP contribution in [0.5, 0.6) is 11.5 Å². The molecule has 2 rings (SSSR count). The summed E-state index contributed by atoms with van der Waals surface area (Å²) >= 11 is 0. The lowest BCUT2D eigenvalue weighted by Crippen LogP contribution is -2.19. The van der Waals surface area contributed by atoms with Crippen LogP contribution in [0.3, 0.4) is 0 Å². The molecule has 0 aliphatic rings. The Morgan fingerprint density at radius 1 is 1.21 bits per heavy atom. The van der Waals surface area contributed by atoms with Gasteiger partial charge in [0.05, 0.1) is 24.8 Å². The summed E-state index contributed by atoms with van der Waals surface area (Å²) in [6.07, 6.45) is -1.14. The van der Waals surface area contributed by atoms with Gasteiger partial charge in [-0.15, -0.1) is 0 Å². The number of hydrogen-bond acceptors (Lipinski definition) is 7. The monoisotopic (exact) mass is 384 g/mol. The highest BCUT2D eigenvalue weighted by Gasteiger charge is 2.18. The Bertz CT molecular complexity index is 830. The zero-order valence-electron chi connectivity index (χ0n) is 16.1. The molecule has 0 bridgehead atoms. The van der Waals surface area contributed by atoms with Gasteiger partial charge in [-0.2, -0.15) is 5.26 Å². The molecule has 2 N–H and O–H groups in total. The topological polar surface area (TPSA) is 101 Å². The smallest absolute Gasteiger partial charge is 0.304 e. The quantitative estimate of drug-likeness (QED) is 0.505. The number of hydrogen-bond donors (Lipinski definition) is 2.